The van der Waals surface area contributed by atoms with E-state index in [-0.39, 0.29) is 12.3 Å². The molecule has 2 aromatic rings. The van der Waals surface area contributed by atoms with Crippen LogP contribution < -0.4 is 10.5 Å². The maximum Gasteiger partial charge on any atom is 0.212 e. The van der Waals surface area contributed by atoms with Gasteiger partial charge in [-0.3, -0.25) is 4.98 Å². The number of nitrogen functional groups attached to an aromatic ring is 1. The highest BCUT2D eigenvalue weighted by atomic mass is 32.2. The van der Waals surface area contributed by atoms with E-state index in [1.54, 1.807) is 24.5 Å². The topological polar surface area (TPSA) is 85.1 Å². The molecule has 1 heterocycles. The number of aromatic nitrogens is 1. The summed E-state index contributed by atoms with van der Waals surface area (Å²) in [7, 11) is -3.29. The van der Waals surface area contributed by atoms with Crippen LogP contribution in [-0.2, 0) is 16.6 Å². The van der Waals surface area contributed by atoms with Crippen LogP contribution in [0.1, 0.15) is 5.56 Å². The summed E-state index contributed by atoms with van der Waals surface area (Å²) in [6.45, 7) is 0.263. The molecule has 3 N–H and O–H groups in total. The maximum atomic E-state index is 11.9. The molecule has 0 saturated heterocycles. The molecule has 0 unspecified atom stereocenters. The SMILES string of the molecule is Nc1cccc(SCCS(=O)(=O)NCc2cccnc2)c1. The zero-order chi connectivity index (χ0) is 15.1. The summed E-state index contributed by atoms with van der Waals surface area (Å²) in [6.07, 6.45) is 3.30. The molecule has 0 aliphatic heterocycles. The number of sulfonamides is 1. The van der Waals surface area contributed by atoms with Gasteiger partial charge >= 0.3 is 0 Å². The number of anilines is 1. The fourth-order valence-electron chi connectivity index (χ4n) is 1.64. The van der Waals surface area contributed by atoms with Gasteiger partial charge in [0.25, 0.3) is 0 Å². The number of rotatable bonds is 7. The van der Waals surface area contributed by atoms with E-state index < -0.39 is 10.0 Å². The van der Waals surface area contributed by atoms with Crippen LogP contribution in [0.15, 0.2) is 53.7 Å². The summed E-state index contributed by atoms with van der Waals surface area (Å²) < 4.78 is 26.4. The van der Waals surface area contributed by atoms with Gasteiger partial charge in [-0.05, 0) is 29.8 Å². The molecule has 0 spiro atoms. The first-order chi connectivity index (χ1) is 10.1. The van der Waals surface area contributed by atoms with Crippen LogP contribution in [-0.4, -0.2) is 24.9 Å². The van der Waals surface area contributed by atoms with Crippen molar-refractivity contribution in [2.24, 2.45) is 0 Å². The van der Waals surface area contributed by atoms with E-state index in [0.29, 0.717) is 11.4 Å². The first kappa shape index (κ1) is 15.8. The van der Waals surface area contributed by atoms with Crippen molar-refractivity contribution in [3.8, 4) is 0 Å². The summed E-state index contributed by atoms with van der Waals surface area (Å²) in [5.74, 6) is 0.540. The molecule has 7 heteroatoms. The molecule has 0 aliphatic carbocycles. The lowest BCUT2D eigenvalue weighted by Gasteiger charge is -2.07. The Morgan fingerprint density at radius 2 is 2.10 bits per heavy atom. The quantitative estimate of drug-likeness (QED) is 0.600. The zero-order valence-electron chi connectivity index (χ0n) is 11.4. The predicted molar refractivity (Wildman–Crippen MR) is 86.4 cm³/mol. The largest absolute Gasteiger partial charge is 0.399 e. The highest BCUT2D eigenvalue weighted by Crippen LogP contribution is 2.20. The smallest absolute Gasteiger partial charge is 0.212 e. The lowest BCUT2D eigenvalue weighted by atomic mass is 10.3. The lowest BCUT2D eigenvalue weighted by Crippen LogP contribution is -2.26. The zero-order valence-corrected chi connectivity index (χ0v) is 13.0. The van der Waals surface area contributed by atoms with E-state index >= 15 is 0 Å². The normalized spacial score (nSPS) is 11.4. The van der Waals surface area contributed by atoms with Gasteiger partial charge in [-0.25, -0.2) is 13.1 Å². The molecule has 0 amide bonds. The second-order valence-corrected chi connectivity index (χ2v) is 7.52. The van der Waals surface area contributed by atoms with Crippen molar-refractivity contribution in [1.82, 2.24) is 9.71 Å². The Morgan fingerprint density at radius 3 is 2.81 bits per heavy atom. The summed E-state index contributed by atoms with van der Waals surface area (Å²) in [5, 5.41) is 0. The standard InChI is InChI=1S/C14H17N3O2S2/c15-13-4-1-5-14(9-13)20-7-8-21(18,19)17-11-12-3-2-6-16-10-12/h1-6,9-10,17H,7-8,11,15H2. The Bertz CT molecular complexity index is 676. The average molecular weight is 323 g/mol. The van der Waals surface area contributed by atoms with Gasteiger partial charge in [0.2, 0.25) is 10.0 Å². The van der Waals surface area contributed by atoms with Crippen molar-refractivity contribution >= 4 is 27.5 Å². The van der Waals surface area contributed by atoms with Crippen molar-refractivity contribution in [3.05, 3.63) is 54.4 Å². The summed E-state index contributed by atoms with van der Waals surface area (Å²) in [4.78, 5) is 4.91. The Kier molecular flexibility index (Phi) is 5.60. The number of pyridine rings is 1. The molecule has 0 radical (unpaired) electrons. The van der Waals surface area contributed by atoms with Crippen LogP contribution in [0.2, 0.25) is 0 Å². The molecule has 1 aromatic heterocycles. The molecule has 5 nitrogen and oxygen atoms in total. The molecular weight excluding hydrogens is 306 g/mol. The molecule has 0 aliphatic rings. The van der Waals surface area contributed by atoms with Crippen molar-refractivity contribution < 1.29 is 8.42 Å². The maximum absolute atomic E-state index is 11.9. The molecule has 1 aromatic carbocycles. The van der Waals surface area contributed by atoms with Gasteiger partial charge in [0.05, 0.1) is 5.75 Å². The van der Waals surface area contributed by atoms with Crippen LogP contribution in [0.3, 0.4) is 0 Å². The molecule has 0 bridgehead atoms. The minimum Gasteiger partial charge on any atom is -0.399 e. The Morgan fingerprint density at radius 1 is 1.24 bits per heavy atom. The Labute approximate surface area is 129 Å². The van der Waals surface area contributed by atoms with Gasteiger partial charge in [-0.15, -0.1) is 11.8 Å². The van der Waals surface area contributed by atoms with E-state index in [1.807, 2.05) is 24.3 Å². The monoisotopic (exact) mass is 323 g/mol. The highest BCUT2D eigenvalue weighted by Gasteiger charge is 2.10. The second-order valence-electron chi connectivity index (χ2n) is 4.42. The van der Waals surface area contributed by atoms with Crippen LogP contribution in [0.5, 0.6) is 0 Å². The minimum atomic E-state index is -3.29. The van der Waals surface area contributed by atoms with Crippen molar-refractivity contribution in [3.63, 3.8) is 0 Å². The van der Waals surface area contributed by atoms with Crippen LogP contribution >= 0.6 is 11.8 Å². The van der Waals surface area contributed by atoms with Crippen LogP contribution in [0.25, 0.3) is 0 Å². The van der Waals surface area contributed by atoms with Crippen molar-refractivity contribution in [1.29, 1.82) is 0 Å². The summed E-state index contributed by atoms with van der Waals surface area (Å²) in [5.41, 5.74) is 7.19. The lowest BCUT2D eigenvalue weighted by molar-refractivity contribution is 0.583. The van der Waals surface area contributed by atoms with E-state index in [1.165, 1.54) is 11.8 Å². The number of nitrogens with two attached hydrogens (primary N) is 1. The van der Waals surface area contributed by atoms with E-state index in [2.05, 4.69) is 9.71 Å². The fourth-order valence-corrected chi connectivity index (χ4v) is 4.01. The number of hydrogen-bond donors (Lipinski definition) is 2. The molecule has 2 rings (SSSR count). The molecule has 0 atom stereocenters. The van der Waals surface area contributed by atoms with E-state index in [0.717, 1.165) is 10.5 Å². The molecule has 112 valence electrons. The predicted octanol–water partition coefficient (Wildman–Crippen LogP) is 1.88. The van der Waals surface area contributed by atoms with Crippen molar-refractivity contribution in [2.45, 2.75) is 11.4 Å². The second kappa shape index (κ2) is 7.44. The average Bonchev–Trinajstić information content (AvgIpc) is 2.46. The first-order valence-corrected chi connectivity index (χ1v) is 9.03. The van der Waals surface area contributed by atoms with Crippen LogP contribution in [0.4, 0.5) is 5.69 Å². The third kappa shape index (κ3) is 5.74. The van der Waals surface area contributed by atoms with E-state index in [4.69, 9.17) is 5.73 Å². The third-order valence-electron chi connectivity index (χ3n) is 2.70. The molecular formula is C14H17N3O2S2. The molecule has 21 heavy (non-hydrogen) atoms. The van der Waals surface area contributed by atoms with Gasteiger partial charge < -0.3 is 5.73 Å². The van der Waals surface area contributed by atoms with Gasteiger partial charge in [0.15, 0.2) is 0 Å². The fraction of sp³-hybridized carbons (Fsp3) is 0.214. The number of nitrogens with zero attached hydrogens (tertiary/aromatic N) is 1. The van der Waals surface area contributed by atoms with Gasteiger partial charge in [-0.2, -0.15) is 0 Å². The highest BCUT2D eigenvalue weighted by molar-refractivity contribution is 8.00. The van der Waals surface area contributed by atoms with Gasteiger partial charge in [-0.1, -0.05) is 12.1 Å². The first-order valence-electron chi connectivity index (χ1n) is 6.40. The Balaban J connectivity index is 1.79. The minimum absolute atomic E-state index is 0.0622. The summed E-state index contributed by atoms with van der Waals surface area (Å²) in [6, 6.07) is 11.0. The number of nitrogens with one attached hydrogen (secondary N) is 1. The summed E-state index contributed by atoms with van der Waals surface area (Å²) >= 11 is 1.47. The number of benzene rings is 1. The van der Waals surface area contributed by atoms with Gasteiger partial charge in [0.1, 0.15) is 0 Å². The van der Waals surface area contributed by atoms with E-state index in [9.17, 15) is 8.42 Å². The third-order valence-corrected chi connectivity index (χ3v) is 5.28. The van der Waals surface area contributed by atoms with Crippen molar-refractivity contribution in [2.75, 3.05) is 17.2 Å². The van der Waals surface area contributed by atoms with Gasteiger partial charge in [0, 0.05) is 35.3 Å². The van der Waals surface area contributed by atoms with Crippen LogP contribution in [0, 0.1) is 0 Å². The Hall–Kier alpha value is -1.57. The number of thioether (sulfide) groups is 1. The number of hydrogen-bond acceptors (Lipinski definition) is 5. The molecule has 0 saturated carbocycles. The molecule has 0 fully saturated rings.